The van der Waals surface area contributed by atoms with Crippen LogP contribution in [0.3, 0.4) is 0 Å². The van der Waals surface area contributed by atoms with E-state index < -0.39 is 124 Å². The van der Waals surface area contributed by atoms with Crippen molar-refractivity contribution in [3.63, 3.8) is 0 Å². The summed E-state index contributed by atoms with van der Waals surface area (Å²) in [4.78, 5) is 13.4. The summed E-state index contributed by atoms with van der Waals surface area (Å²) in [6, 6.07) is -1.01. The zero-order valence-corrected chi connectivity index (χ0v) is 55.8. The number of aliphatic hydroxyl groups is 11. The molecule has 91 heavy (non-hydrogen) atoms. The third-order valence-electron chi connectivity index (χ3n) is 17.5. The van der Waals surface area contributed by atoms with Crippen molar-refractivity contribution in [2.75, 3.05) is 26.4 Å². The van der Waals surface area contributed by atoms with Gasteiger partial charge in [-0.3, -0.25) is 4.79 Å². The number of ether oxygens (including phenoxy) is 6. The molecule has 19 heteroatoms. The molecule has 3 heterocycles. The number of carbonyl (C=O) groups is 1. The van der Waals surface area contributed by atoms with E-state index >= 15 is 0 Å². The van der Waals surface area contributed by atoms with Crippen LogP contribution in [0.5, 0.6) is 0 Å². The zero-order chi connectivity index (χ0) is 66.1. The largest absolute Gasteiger partial charge is 0.394 e. The first-order valence-electron chi connectivity index (χ1n) is 35.7. The summed E-state index contributed by atoms with van der Waals surface area (Å²) in [5.41, 5.74) is 0. The molecule has 0 bridgehead atoms. The lowest BCUT2D eigenvalue weighted by Gasteiger charge is -2.48. The van der Waals surface area contributed by atoms with E-state index in [-0.39, 0.29) is 18.9 Å². The van der Waals surface area contributed by atoms with E-state index in [1.165, 1.54) is 141 Å². The van der Waals surface area contributed by atoms with E-state index in [1.807, 2.05) is 6.08 Å². The lowest BCUT2D eigenvalue weighted by Crippen LogP contribution is -2.66. The summed E-state index contributed by atoms with van der Waals surface area (Å²) >= 11 is 0. The Balaban J connectivity index is 1.46. The maximum Gasteiger partial charge on any atom is 0.220 e. The highest BCUT2D eigenvalue weighted by molar-refractivity contribution is 5.76. The Kier molecular flexibility index (Phi) is 48.4. The molecular formula is C72H127NO18. The van der Waals surface area contributed by atoms with Crippen molar-refractivity contribution in [2.45, 2.75) is 349 Å². The number of unbranched alkanes of at least 4 members (excludes halogenated alkanes) is 28. The molecule has 3 rings (SSSR count). The Morgan fingerprint density at radius 3 is 1.18 bits per heavy atom. The summed E-state index contributed by atoms with van der Waals surface area (Å²) in [5.74, 6) is -0.298. The van der Waals surface area contributed by atoms with Crippen LogP contribution in [0, 0.1) is 0 Å². The lowest BCUT2D eigenvalue weighted by molar-refractivity contribution is -0.379. The maximum atomic E-state index is 13.4. The van der Waals surface area contributed by atoms with Crippen LogP contribution in [0.1, 0.15) is 245 Å². The second-order valence-corrected chi connectivity index (χ2v) is 25.3. The number of amides is 1. The molecular weight excluding hydrogens is 1170 g/mol. The standard InChI is InChI=1S/C72H127NO18/c1-3-5-7-9-11-13-15-17-19-21-23-25-27-29-31-33-35-37-39-41-43-45-47-49-56(77)55(73-60(78)50-48-46-44-42-40-38-36-34-32-30-28-26-24-22-20-18-16-14-12-10-8-6-4-2)54-86-70-66(84)63(81)68(58(52-75)88-70)91-72-67(85)64(82)69(59(53-76)89-72)90-71-65(83)62(80)61(79)57(51-74)87-71/h16,18,22,24,28,30-31,33,39,41,47,49,55-59,61-72,74-77,79-85H,3-15,17,19-21,23,25-27,29,32,34-38,40,42-46,48,50-54H2,1-2H3,(H,73,78)/b18-16-,24-22-,30-28-,33-31+,41-39+,49-47+. The number of hydrogen-bond donors (Lipinski definition) is 12. The predicted molar refractivity (Wildman–Crippen MR) is 355 cm³/mol. The zero-order valence-electron chi connectivity index (χ0n) is 55.8. The van der Waals surface area contributed by atoms with Gasteiger partial charge in [-0.25, -0.2) is 0 Å². The first kappa shape index (κ1) is 82.5. The average molecular weight is 1290 g/mol. The van der Waals surface area contributed by atoms with Crippen LogP contribution >= 0.6 is 0 Å². The van der Waals surface area contributed by atoms with Crippen molar-refractivity contribution in [1.29, 1.82) is 0 Å². The van der Waals surface area contributed by atoms with Crippen molar-refractivity contribution in [2.24, 2.45) is 0 Å². The Morgan fingerprint density at radius 1 is 0.396 bits per heavy atom. The topological polar surface area (TPSA) is 307 Å². The number of hydrogen-bond acceptors (Lipinski definition) is 18. The summed E-state index contributed by atoms with van der Waals surface area (Å²) < 4.78 is 34.3. The summed E-state index contributed by atoms with van der Waals surface area (Å²) in [7, 11) is 0. The van der Waals surface area contributed by atoms with Crippen molar-refractivity contribution in [1.82, 2.24) is 5.32 Å². The van der Waals surface area contributed by atoms with Crippen molar-refractivity contribution in [3.8, 4) is 0 Å². The van der Waals surface area contributed by atoms with Crippen molar-refractivity contribution >= 4 is 5.91 Å². The SMILES string of the molecule is CCCCCCC/C=C\C/C=C\C/C=C\CCCCCCCCCCC(=O)NC(COC1OC(CO)C(OC2OC(CO)C(OC3OC(CO)C(O)C(O)C3O)C(O)C2O)C(O)C1O)C(O)/C=C/CC/C=C/CC/C=C/CCCCCCCCCCCCCCC. The fourth-order valence-corrected chi connectivity index (χ4v) is 11.6. The number of allylic oxidation sites excluding steroid dienone is 11. The van der Waals surface area contributed by atoms with Gasteiger partial charge in [0.25, 0.3) is 0 Å². The molecule has 0 aliphatic carbocycles. The maximum absolute atomic E-state index is 13.4. The molecule has 3 aliphatic heterocycles. The molecule has 3 aliphatic rings. The van der Waals surface area contributed by atoms with Crippen molar-refractivity contribution < 1.29 is 89.4 Å². The molecule has 0 aromatic heterocycles. The highest BCUT2D eigenvalue weighted by Gasteiger charge is 2.53. The molecule has 17 unspecified atom stereocenters. The van der Waals surface area contributed by atoms with Crippen LogP contribution in [0.4, 0.5) is 0 Å². The Labute approximate surface area is 547 Å². The van der Waals surface area contributed by atoms with Gasteiger partial charge in [0.15, 0.2) is 18.9 Å². The highest BCUT2D eigenvalue weighted by atomic mass is 16.8. The number of nitrogens with one attached hydrogen (secondary N) is 1. The van der Waals surface area contributed by atoms with Gasteiger partial charge in [0.05, 0.1) is 38.6 Å². The molecule has 0 aromatic rings. The van der Waals surface area contributed by atoms with Gasteiger partial charge in [0.2, 0.25) is 5.91 Å². The minimum atomic E-state index is -1.99. The Bertz CT molecular complexity index is 1930. The molecule has 12 N–H and O–H groups in total. The van der Waals surface area contributed by atoms with Crippen LogP contribution in [-0.2, 0) is 33.2 Å². The lowest BCUT2D eigenvalue weighted by atomic mass is 9.96. The van der Waals surface area contributed by atoms with Gasteiger partial charge in [-0.05, 0) is 83.5 Å². The van der Waals surface area contributed by atoms with E-state index in [4.69, 9.17) is 28.4 Å². The number of rotatable bonds is 54. The van der Waals surface area contributed by atoms with Gasteiger partial charge < -0.3 is 89.9 Å². The molecule has 19 nitrogen and oxygen atoms in total. The fourth-order valence-electron chi connectivity index (χ4n) is 11.6. The van der Waals surface area contributed by atoms with E-state index in [0.717, 1.165) is 70.6 Å². The van der Waals surface area contributed by atoms with Crippen LogP contribution in [0.15, 0.2) is 72.9 Å². The quantitative estimate of drug-likeness (QED) is 0.0199. The Hall–Kier alpha value is -2.77. The van der Waals surface area contributed by atoms with Crippen LogP contribution in [-0.4, -0.2) is 193 Å². The van der Waals surface area contributed by atoms with E-state index in [1.54, 1.807) is 6.08 Å². The summed E-state index contributed by atoms with van der Waals surface area (Å²) in [6.07, 6.45) is 40.1. The summed E-state index contributed by atoms with van der Waals surface area (Å²) in [6.45, 7) is 1.70. The molecule has 0 aromatic carbocycles. The smallest absolute Gasteiger partial charge is 0.220 e. The van der Waals surface area contributed by atoms with E-state index in [0.29, 0.717) is 12.8 Å². The molecule has 0 spiro atoms. The van der Waals surface area contributed by atoms with Crippen LogP contribution < -0.4 is 5.32 Å². The molecule has 1 amide bonds. The monoisotopic (exact) mass is 1290 g/mol. The van der Waals surface area contributed by atoms with Gasteiger partial charge in [-0.1, -0.05) is 228 Å². The Morgan fingerprint density at radius 2 is 0.736 bits per heavy atom. The van der Waals surface area contributed by atoms with Gasteiger partial charge in [-0.15, -0.1) is 0 Å². The molecule has 0 saturated carbocycles. The fraction of sp³-hybridized carbons (Fsp3) is 0.819. The first-order chi connectivity index (χ1) is 44.3. The summed E-state index contributed by atoms with van der Waals surface area (Å²) in [5, 5.41) is 121. The average Bonchev–Trinajstić information content (AvgIpc) is 0.883. The molecule has 3 fully saturated rings. The van der Waals surface area contributed by atoms with E-state index in [2.05, 4.69) is 79.9 Å². The second-order valence-electron chi connectivity index (χ2n) is 25.3. The van der Waals surface area contributed by atoms with Crippen LogP contribution in [0.25, 0.3) is 0 Å². The van der Waals surface area contributed by atoms with Gasteiger partial charge in [0.1, 0.15) is 73.2 Å². The first-order valence-corrected chi connectivity index (χ1v) is 35.7. The third kappa shape index (κ3) is 35.2. The molecule has 528 valence electrons. The predicted octanol–water partition coefficient (Wildman–Crippen LogP) is 9.72. The van der Waals surface area contributed by atoms with Crippen LogP contribution in [0.2, 0.25) is 0 Å². The number of carbonyl (C=O) groups excluding carboxylic acids is 1. The van der Waals surface area contributed by atoms with Crippen molar-refractivity contribution in [3.05, 3.63) is 72.9 Å². The molecule has 0 radical (unpaired) electrons. The van der Waals surface area contributed by atoms with Gasteiger partial charge in [-0.2, -0.15) is 0 Å². The molecule has 3 saturated heterocycles. The second kappa shape index (κ2) is 53.4. The minimum absolute atomic E-state index is 0.220. The van der Waals surface area contributed by atoms with Gasteiger partial charge in [0, 0.05) is 6.42 Å². The minimum Gasteiger partial charge on any atom is -0.394 e. The number of aliphatic hydroxyl groups excluding tert-OH is 11. The van der Waals surface area contributed by atoms with E-state index in [9.17, 15) is 61.0 Å². The third-order valence-corrected chi connectivity index (χ3v) is 17.5. The highest BCUT2D eigenvalue weighted by Crippen LogP contribution is 2.33. The van der Waals surface area contributed by atoms with Gasteiger partial charge >= 0.3 is 0 Å². The normalized spacial score (nSPS) is 28.3. The molecule has 17 atom stereocenters.